The van der Waals surface area contributed by atoms with Crippen LogP contribution in [0.3, 0.4) is 0 Å². The van der Waals surface area contributed by atoms with E-state index < -0.39 is 0 Å². The van der Waals surface area contributed by atoms with E-state index in [2.05, 4.69) is 42.3 Å². The molecule has 3 nitrogen and oxygen atoms in total. The first kappa shape index (κ1) is 17.1. The Hall–Kier alpha value is -1.69. The smallest absolute Gasteiger partial charge is 0.227 e. The maximum absolute atomic E-state index is 12.2. The van der Waals surface area contributed by atoms with Crippen LogP contribution in [0.4, 0.5) is 0 Å². The van der Waals surface area contributed by atoms with Crippen molar-refractivity contribution in [3.05, 3.63) is 57.6 Å². The van der Waals surface area contributed by atoms with Crippen molar-refractivity contribution in [1.82, 2.24) is 9.80 Å². The molecule has 2 aromatic heterocycles. The first-order valence-electron chi connectivity index (χ1n) is 8.04. The van der Waals surface area contributed by atoms with Gasteiger partial charge in [-0.1, -0.05) is 24.3 Å². The molecule has 0 saturated carbocycles. The average molecular weight is 359 g/mol. The van der Waals surface area contributed by atoms with E-state index in [9.17, 15) is 4.79 Å². The number of rotatable bonds is 7. The van der Waals surface area contributed by atoms with Gasteiger partial charge in [-0.15, -0.1) is 22.7 Å². The lowest BCUT2D eigenvalue weighted by Crippen LogP contribution is -2.35. The number of nitrogens with zero attached hydrogens (tertiary/aromatic N) is 2. The molecule has 0 N–H and O–H groups in total. The molecule has 0 unspecified atom stereocenters. The summed E-state index contributed by atoms with van der Waals surface area (Å²) in [5, 5.41) is 3.33. The predicted molar refractivity (Wildman–Crippen MR) is 104 cm³/mol. The van der Waals surface area contributed by atoms with E-state index >= 15 is 0 Å². The van der Waals surface area contributed by atoms with E-state index in [1.165, 1.54) is 15.0 Å². The Kier molecular flexibility index (Phi) is 5.66. The highest BCUT2D eigenvalue weighted by molar-refractivity contribution is 7.19. The number of likely N-dealkylation sites (N-methyl/N-ethyl adjacent to an activating group) is 2. The molecule has 3 aromatic rings. The predicted octanol–water partition coefficient (Wildman–Crippen LogP) is 4.10. The summed E-state index contributed by atoms with van der Waals surface area (Å²) in [4.78, 5) is 18.8. The highest BCUT2D eigenvalue weighted by atomic mass is 32.1. The van der Waals surface area contributed by atoms with Crippen molar-refractivity contribution in [2.75, 3.05) is 27.2 Å². The van der Waals surface area contributed by atoms with Crippen molar-refractivity contribution in [3.63, 3.8) is 0 Å². The summed E-state index contributed by atoms with van der Waals surface area (Å²) < 4.78 is 1.34. The van der Waals surface area contributed by atoms with Crippen molar-refractivity contribution in [1.29, 1.82) is 0 Å². The summed E-state index contributed by atoms with van der Waals surface area (Å²) in [6, 6.07) is 14.8. The molecule has 0 radical (unpaired) electrons. The number of benzene rings is 1. The Morgan fingerprint density at radius 3 is 2.62 bits per heavy atom. The van der Waals surface area contributed by atoms with Crippen molar-refractivity contribution in [3.8, 4) is 0 Å². The van der Waals surface area contributed by atoms with Gasteiger partial charge in [-0.3, -0.25) is 9.69 Å². The molecule has 0 aliphatic rings. The average Bonchev–Trinajstić information content (AvgIpc) is 3.21. The maximum atomic E-state index is 12.2. The number of thiophene rings is 2. The quantitative estimate of drug-likeness (QED) is 0.635. The number of amides is 1. The van der Waals surface area contributed by atoms with Crippen LogP contribution < -0.4 is 0 Å². The number of fused-ring (bicyclic) bond motifs is 1. The Morgan fingerprint density at radius 1 is 1.04 bits per heavy atom. The second kappa shape index (κ2) is 7.92. The van der Waals surface area contributed by atoms with Crippen molar-refractivity contribution in [2.45, 2.75) is 13.0 Å². The molecular formula is C19H22N2OS2. The first-order valence-corrected chi connectivity index (χ1v) is 9.74. The summed E-state index contributed by atoms with van der Waals surface area (Å²) >= 11 is 3.49. The molecule has 0 aliphatic heterocycles. The van der Waals surface area contributed by atoms with Crippen LogP contribution >= 0.6 is 22.7 Å². The Bertz CT molecular complexity index is 762. The molecular weight excluding hydrogens is 336 g/mol. The molecule has 3 rings (SSSR count). The molecule has 2 heterocycles. The molecule has 126 valence electrons. The zero-order chi connectivity index (χ0) is 16.9. The number of carbonyl (C=O) groups is 1. The van der Waals surface area contributed by atoms with Gasteiger partial charge >= 0.3 is 0 Å². The molecule has 24 heavy (non-hydrogen) atoms. The van der Waals surface area contributed by atoms with E-state index in [0.29, 0.717) is 6.42 Å². The number of carbonyl (C=O) groups excluding carboxylic acids is 1. The highest BCUT2D eigenvalue weighted by Gasteiger charge is 2.11. The lowest BCUT2D eigenvalue weighted by Gasteiger charge is -2.21. The number of hydrogen-bond donors (Lipinski definition) is 0. The van der Waals surface area contributed by atoms with Crippen molar-refractivity contribution in [2.24, 2.45) is 0 Å². The third-order valence-electron chi connectivity index (χ3n) is 4.05. The van der Waals surface area contributed by atoms with Crippen LogP contribution in [0.25, 0.3) is 10.1 Å². The fourth-order valence-corrected chi connectivity index (χ4v) is 4.44. The minimum atomic E-state index is 0.188. The van der Waals surface area contributed by atoms with Gasteiger partial charge in [0.05, 0.1) is 6.42 Å². The SMILES string of the molecule is CN(CCN(C)C(=O)Cc1cccs1)Cc1cc2ccccc2s1. The lowest BCUT2D eigenvalue weighted by atomic mass is 10.2. The van der Waals surface area contributed by atoms with Gasteiger partial charge in [0, 0.05) is 41.1 Å². The summed E-state index contributed by atoms with van der Waals surface area (Å²) in [5.74, 6) is 0.188. The van der Waals surface area contributed by atoms with Crippen LogP contribution in [0.1, 0.15) is 9.75 Å². The minimum Gasteiger partial charge on any atom is -0.344 e. The second-order valence-electron chi connectivity index (χ2n) is 6.06. The second-order valence-corrected chi connectivity index (χ2v) is 8.26. The monoisotopic (exact) mass is 358 g/mol. The molecule has 0 spiro atoms. The van der Waals surface area contributed by atoms with Gasteiger partial charge < -0.3 is 4.90 Å². The topological polar surface area (TPSA) is 23.6 Å². The van der Waals surface area contributed by atoms with Crippen molar-refractivity contribution < 1.29 is 4.79 Å². The molecule has 1 amide bonds. The van der Waals surface area contributed by atoms with Gasteiger partial charge in [-0.2, -0.15) is 0 Å². The zero-order valence-electron chi connectivity index (χ0n) is 14.1. The summed E-state index contributed by atoms with van der Waals surface area (Å²) in [5.41, 5.74) is 0. The molecule has 0 bridgehead atoms. The molecule has 0 fully saturated rings. The third kappa shape index (κ3) is 4.44. The molecule has 0 atom stereocenters. The Morgan fingerprint density at radius 2 is 1.88 bits per heavy atom. The Labute approximate surface area is 151 Å². The van der Waals surface area contributed by atoms with Crippen LogP contribution in [0.2, 0.25) is 0 Å². The first-order chi connectivity index (χ1) is 11.6. The minimum absolute atomic E-state index is 0.188. The third-order valence-corrected chi connectivity index (χ3v) is 6.03. The Balaban J connectivity index is 1.47. The normalized spacial score (nSPS) is 11.3. The summed E-state index contributed by atoms with van der Waals surface area (Å²) in [6.07, 6.45) is 0.508. The van der Waals surface area contributed by atoms with E-state index in [4.69, 9.17) is 0 Å². The fourth-order valence-electron chi connectivity index (χ4n) is 2.60. The van der Waals surface area contributed by atoms with Gasteiger partial charge in [-0.05, 0) is 36.0 Å². The summed E-state index contributed by atoms with van der Waals surface area (Å²) in [7, 11) is 4.01. The van der Waals surface area contributed by atoms with Crippen LogP contribution in [0, 0.1) is 0 Å². The van der Waals surface area contributed by atoms with E-state index in [0.717, 1.165) is 24.5 Å². The van der Waals surface area contributed by atoms with E-state index in [-0.39, 0.29) is 5.91 Å². The van der Waals surface area contributed by atoms with Crippen LogP contribution in [0.15, 0.2) is 47.8 Å². The molecule has 0 aliphatic carbocycles. The van der Waals surface area contributed by atoms with Crippen LogP contribution in [-0.4, -0.2) is 42.9 Å². The van der Waals surface area contributed by atoms with Gasteiger partial charge in [0.25, 0.3) is 0 Å². The number of hydrogen-bond acceptors (Lipinski definition) is 4. The zero-order valence-corrected chi connectivity index (χ0v) is 15.7. The fraction of sp³-hybridized carbons (Fsp3) is 0.316. The molecule has 1 aromatic carbocycles. The van der Waals surface area contributed by atoms with Gasteiger partial charge in [0.1, 0.15) is 0 Å². The van der Waals surface area contributed by atoms with E-state index in [1.54, 1.807) is 11.3 Å². The largest absolute Gasteiger partial charge is 0.344 e. The maximum Gasteiger partial charge on any atom is 0.227 e. The van der Waals surface area contributed by atoms with Crippen LogP contribution in [-0.2, 0) is 17.8 Å². The summed E-state index contributed by atoms with van der Waals surface area (Å²) in [6.45, 7) is 2.55. The van der Waals surface area contributed by atoms with Gasteiger partial charge in [-0.25, -0.2) is 0 Å². The van der Waals surface area contributed by atoms with E-state index in [1.807, 2.05) is 40.8 Å². The molecule has 0 saturated heterocycles. The van der Waals surface area contributed by atoms with Gasteiger partial charge in [0.15, 0.2) is 0 Å². The van der Waals surface area contributed by atoms with Crippen molar-refractivity contribution >= 4 is 38.7 Å². The lowest BCUT2D eigenvalue weighted by molar-refractivity contribution is -0.129. The van der Waals surface area contributed by atoms with Gasteiger partial charge in [0.2, 0.25) is 5.91 Å². The van der Waals surface area contributed by atoms with Crippen LogP contribution in [0.5, 0.6) is 0 Å². The highest BCUT2D eigenvalue weighted by Crippen LogP contribution is 2.25. The standard InChI is InChI=1S/C19H22N2OS2/c1-20(14-17-12-15-6-3-4-8-18(15)24-17)9-10-21(2)19(22)13-16-7-5-11-23-16/h3-8,11-12H,9-10,13-14H2,1-2H3. The molecule has 5 heteroatoms.